The summed E-state index contributed by atoms with van der Waals surface area (Å²) in [4.78, 5) is 29.6. The maximum atomic E-state index is 14.0. The Morgan fingerprint density at radius 1 is 0.900 bits per heavy atom. The maximum Gasteiger partial charge on any atom is 0.290 e. The first-order chi connectivity index (χ1) is 19.2. The summed E-state index contributed by atoms with van der Waals surface area (Å²) >= 11 is 0. The van der Waals surface area contributed by atoms with E-state index in [0.717, 1.165) is 28.0 Å². The molecular formula is C33H35NO6. The van der Waals surface area contributed by atoms with Gasteiger partial charge in [-0.25, -0.2) is 0 Å². The summed E-state index contributed by atoms with van der Waals surface area (Å²) in [6.07, 6.45) is 0.596. The van der Waals surface area contributed by atoms with E-state index in [0.29, 0.717) is 53.5 Å². The zero-order valence-corrected chi connectivity index (χ0v) is 23.9. The van der Waals surface area contributed by atoms with Gasteiger partial charge in [0.25, 0.3) is 5.91 Å². The van der Waals surface area contributed by atoms with Gasteiger partial charge in [0.1, 0.15) is 11.3 Å². The monoisotopic (exact) mass is 541 g/mol. The third-order valence-electron chi connectivity index (χ3n) is 7.46. The lowest BCUT2D eigenvalue weighted by atomic mass is 9.97. The van der Waals surface area contributed by atoms with E-state index in [-0.39, 0.29) is 17.1 Å². The number of carbonyl (C=O) groups excluding carboxylic acids is 1. The molecule has 0 N–H and O–H groups in total. The largest absolute Gasteiger partial charge is 0.497 e. The summed E-state index contributed by atoms with van der Waals surface area (Å²) < 4.78 is 23.1. The molecule has 0 aliphatic carbocycles. The zero-order chi connectivity index (χ0) is 28.6. The number of methoxy groups -OCH3 is 2. The standard InChI is InChI=1S/C33H35NO6/c1-19(2)18-39-26-12-9-23(17-28(26)38-6)30-29-31(35)25-15-20(3)21(4)16-27(25)40-32(29)33(36)34(30)14-13-22-7-10-24(37-5)11-8-22/h7-12,15-17,19,30H,13-14,18H2,1-6H3. The van der Waals surface area contributed by atoms with Crippen molar-refractivity contribution in [2.24, 2.45) is 5.92 Å². The van der Waals surface area contributed by atoms with Crippen LogP contribution in [-0.4, -0.2) is 38.2 Å². The summed E-state index contributed by atoms with van der Waals surface area (Å²) in [6.45, 7) is 9.02. The molecule has 1 unspecified atom stereocenters. The van der Waals surface area contributed by atoms with Crippen LogP contribution in [0.25, 0.3) is 11.0 Å². The van der Waals surface area contributed by atoms with Gasteiger partial charge in [-0.2, -0.15) is 0 Å². The van der Waals surface area contributed by atoms with Crippen molar-refractivity contribution in [2.75, 3.05) is 27.4 Å². The van der Waals surface area contributed by atoms with E-state index < -0.39 is 6.04 Å². The van der Waals surface area contributed by atoms with Crippen LogP contribution in [0.2, 0.25) is 0 Å². The van der Waals surface area contributed by atoms with Crippen LogP contribution in [0, 0.1) is 19.8 Å². The quantitative estimate of drug-likeness (QED) is 0.249. The Kier molecular flexibility index (Phi) is 7.57. The molecule has 7 nitrogen and oxygen atoms in total. The van der Waals surface area contributed by atoms with Crippen LogP contribution >= 0.6 is 0 Å². The Morgan fingerprint density at radius 3 is 2.30 bits per heavy atom. The number of hydrogen-bond acceptors (Lipinski definition) is 6. The molecule has 1 aliphatic heterocycles. The highest BCUT2D eigenvalue weighted by Crippen LogP contribution is 2.41. The highest BCUT2D eigenvalue weighted by Gasteiger charge is 2.42. The first-order valence-corrected chi connectivity index (χ1v) is 13.5. The fourth-order valence-corrected chi connectivity index (χ4v) is 5.12. The molecule has 0 bridgehead atoms. The van der Waals surface area contributed by atoms with Gasteiger partial charge in [0.2, 0.25) is 5.76 Å². The summed E-state index contributed by atoms with van der Waals surface area (Å²) in [6, 6.07) is 16.4. The number of hydrogen-bond donors (Lipinski definition) is 0. The molecule has 4 aromatic rings. The lowest BCUT2D eigenvalue weighted by molar-refractivity contribution is 0.0730. The Labute approximate surface area is 234 Å². The normalized spacial score (nSPS) is 14.6. The highest BCUT2D eigenvalue weighted by molar-refractivity contribution is 5.99. The Morgan fingerprint density at radius 2 is 1.62 bits per heavy atom. The molecular weight excluding hydrogens is 506 g/mol. The molecule has 2 heterocycles. The molecule has 0 fully saturated rings. The third-order valence-corrected chi connectivity index (χ3v) is 7.46. The van der Waals surface area contributed by atoms with Crippen LogP contribution in [0.3, 0.4) is 0 Å². The molecule has 7 heteroatoms. The van der Waals surface area contributed by atoms with Crippen molar-refractivity contribution in [3.8, 4) is 17.2 Å². The number of amides is 1. The van der Waals surface area contributed by atoms with Crippen LogP contribution in [0.4, 0.5) is 0 Å². The van der Waals surface area contributed by atoms with Gasteiger partial charge in [-0.15, -0.1) is 0 Å². The predicted molar refractivity (Wildman–Crippen MR) is 155 cm³/mol. The molecule has 40 heavy (non-hydrogen) atoms. The van der Waals surface area contributed by atoms with Gasteiger partial charge in [-0.05, 0) is 84.8 Å². The van der Waals surface area contributed by atoms with E-state index in [4.69, 9.17) is 18.6 Å². The second kappa shape index (κ2) is 11.1. The number of aryl methyl sites for hydroxylation is 2. The molecule has 1 aliphatic rings. The minimum Gasteiger partial charge on any atom is -0.497 e. The van der Waals surface area contributed by atoms with Crippen LogP contribution in [0.15, 0.2) is 63.8 Å². The van der Waals surface area contributed by atoms with Crippen molar-refractivity contribution >= 4 is 16.9 Å². The number of nitrogens with zero attached hydrogens (tertiary/aromatic N) is 1. The fraction of sp³-hybridized carbons (Fsp3) is 0.333. The number of rotatable bonds is 9. The average molecular weight is 542 g/mol. The van der Waals surface area contributed by atoms with Crippen LogP contribution < -0.4 is 19.6 Å². The predicted octanol–water partition coefficient (Wildman–Crippen LogP) is 6.25. The van der Waals surface area contributed by atoms with E-state index in [2.05, 4.69) is 13.8 Å². The van der Waals surface area contributed by atoms with Crippen LogP contribution in [0.5, 0.6) is 17.2 Å². The molecule has 0 spiro atoms. The molecule has 1 aromatic heterocycles. The van der Waals surface area contributed by atoms with Gasteiger partial charge in [-0.3, -0.25) is 9.59 Å². The minimum absolute atomic E-state index is 0.0968. The summed E-state index contributed by atoms with van der Waals surface area (Å²) in [5, 5.41) is 0.473. The first-order valence-electron chi connectivity index (χ1n) is 13.5. The highest BCUT2D eigenvalue weighted by atomic mass is 16.5. The lowest BCUT2D eigenvalue weighted by Gasteiger charge is -2.26. The lowest BCUT2D eigenvalue weighted by Crippen LogP contribution is -2.31. The molecule has 208 valence electrons. The summed E-state index contributed by atoms with van der Waals surface area (Å²) in [7, 11) is 3.22. The van der Waals surface area contributed by atoms with E-state index in [1.807, 2.05) is 68.4 Å². The molecule has 1 amide bonds. The second-order valence-electron chi connectivity index (χ2n) is 10.7. The average Bonchev–Trinajstić information content (AvgIpc) is 3.23. The van der Waals surface area contributed by atoms with E-state index >= 15 is 0 Å². The third kappa shape index (κ3) is 5.04. The van der Waals surface area contributed by atoms with Gasteiger partial charge in [0.15, 0.2) is 16.9 Å². The number of carbonyl (C=O) groups is 1. The maximum absolute atomic E-state index is 14.0. The first kappa shape index (κ1) is 27.3. The van der Waals surface area contributed by atoms with E-state index in [1.54, 1.807) is 19.1 Å². The molecule has 3 aromatic carbocycles. The van der Waals surface area contributed by atoms with E-state index in [9.17, 15) is 9.59 Å². The van der Waals surface area contributed by atoms with Gasteiger partial charge in [0, 0.05) is 6.54 Å². The van der Waals surface area contributed by atoms with Crippen LogP contribution in [-0.2, 0) is 6.42 Å². The summed E-state index contributed by atoms with van der Waals surface area (Å²) in [5.41, 5.74) is 4.38. The van der Waals surface area contributed by atoms with Crippen molar-refractivity contribution < 1.29 is 23.4 Å². The second-order valence-corrected chi connectivity index (χ2v) is 10.7. The summed E-state index contributed by atoms with van der Waals surface area (Å²) in [5.74, 6) is 2.08. The SMILES string of the molecule is COc1ccc(CCN2C(=O)c3oc4cc(C)c(C)cc4c(=O)c3C2c2ccc(OCC(C)C)c(OC)c2)cc1. The topological polar surface area (TPSA) is 78.2 Å². The van der Waals surface area contributed by atoms with Crippen molar-refractivity contribution in [2.45, 2.75) is 40.2 Å². The van der Waals surface area contributed by atoms with Gasteiger partial charge < -0.3 is 23.5 Å². The van der Waals surface area contributed by atoms with Crippen LogP contribution in [0.1, 0.15) is 58.3 Å². The fourth-order valence-electron chi connectivity index (χ4n) is 5.12. The zero-order valence-electron chi connectivity index (χ0n) is 23.9. The number of benzene rings is 3. The molecule has 1 atom stereocenters. The van der Waals surface area contributed by atoms with Gasteiger partial charge >= 0.3 is 0 Å². The van der Waals surface area contributed by atoms with Gasteiger partial charge in [0.05, 0.1) is 37.8 Å². The number of ether oxygens (including phenoxy) is 3. The Hall–Kier alpha value is -4.26. The van der Waals surface area contributed by atoms with Crippen molar-refractivity contribution in [1.29, 1.82) is 0 Å². The Balaban J connectivity index is 1.61. The van der Waals surface area contributed by atoms with Crippen molar-refractivity contribution in [3.63, 3.8) is 0 Å². The molecule has 0 radical (unpaired) electrons. The molecule has 0 saturated carbocycles. The van der Waals surface area contributed by atoms with Gasteiger partial charge in [-0.1, -0.05) is 32.0 Å². The minimum atomic E-state index is -0.629. The smallest absolute Gasteiger partial charge is 0.290 e. The molecule has 0 saturated heterocycles. The van der Waals surface area contributed by atoms with Crippen molar-refractivity contribution in [1.82, 2.24) is 4.90 Å². The Bertz CT molecular complexity index is 1620. The van der Waals surface area contributed by atoms with E-state index in [1.165, 1.54) is 0 Å². The number of fused-ring (bicyclic) bond motifs is 2. The van der Waals surface area contributed by atoms with Crippen molar-refractivity contribution in [3.05, 3.63) is 98.4 Å². The molecule has 5 rings (SSSR count).